The number of aryl methyl sites for hydroxylation is 2. The summed E-state index contributed by atoms with van der Waals surface area (Å²) in [4.78, 5) is 42.9. The molecule has 39 heavy (non-hydrogen) atoms. The third-order valence-corrected chi connectivity index (χ3v) is 6.71. The van der Waals surface area contributed by atoms with Crippen molar-refractivity contribution in [2.75, 3.05) is 0 Å². The number of pyridine rings is 3. The highest BCUT2D eigenvalue weighted by Crippen LogP contribution is 2.28. The summed E-state index contributed by atoms with van der Waals surface area (Å²) in [5.74, 6) is -1.26. The van der Waals surface area contributed by atoms with E-state index >= 15 is 0 Å². The van der Waals surface area contributed by atoms with E-state index in [4.69, 9.17) is 16.3 Å². The van der Waals surface area contributed by atoms with Gasteiger partial charge >= 0.3 is 0 Å². The molecule has 0 aliphatic rings. The van der Waals surface area contributed by atoms with E-state index in [-0.39, 0.29) is 28.9 Å². The molecular formula is C28H26ClF2N5O3. The fourth-order valence-electron chi connectivity index (χ4n) is 4.04. The van der Waals surface area contributed by atoms with Crippen molar-refractivity contribution in [2.45, 2.75) is 53.1 Å². The van der Waals surface area contributed by atoms with Gasteiger partial charge in [0.05, 0.1) is 28.7 Å². The highest BCUT2D eigenvalue weighted by atomic mass is 35.5. The van der Waals surface area contributed by atoms with Crippen LogP contribution in [0, 0.1) is 25.5 Å². The number of ketones is 1. The number of Topliss-reactive ketones (excluding diaryl/α,β-unsaturated/α-hetero) is 1. The molecule has 0 fully saturated rings. The zero-order valence-corrected chi connectivity index (χ0v) is 22.8. The van der Waals surface area contributed by atoms with Crippen molar-refractivity contribution in [1.82, 2.24) is 24.5 Å². The highest BCUT2D eigenvalue weighted by Gasteiger charge is 2.31. The lowest BCUT2D eigenvalue weighted by atomic mass is 9.85. The average Bonchev–Trinajstić information content (AvgIpc) is 2.91. The summed E-state index contributed by atoms with van der Waals surface area (Å²) in [7, 11) is 0. The molecule has 4 aromatic heterocycles. The lowest BCUT2D eigenvalue weighted by Gasteiger charge is -2.21. The van der Waals surface area contributed by atoms with Gasteiger partial charge in [-0.15, -0.1) is 0 Å². The summed E-state index contributed by atoms with van der Waals surface area (Å²) in [6.45, 7) is 8.50. The van der Waals surface area contributed by atoms with Crippen LogP contribution in [0.15, 0.2) is 47.7 Å². The Kier molecular flexibility index (Phi) is 7.87. The van der Waals surface area contributed by atoms with Gasteiger partial charge in [0.15, 0.2) is 5.82 Å². The number of nitrogens with zero attached hydrogens (tertiary/aromatic N) is 5. The average molecular weight is 554 g/mol. The Balaban J connectivity index is 1.71. The minimum absolute atomic E-state index is 0.00859. The normalized spacial score (nSPS) is 11.5. The predicted molar refractivity (Wildman–Crippen MR) is 142 cm³/mol. The molecule has 0 saturated carbocycles. The van der Waals surface area contributed by atoms with Gasteiger partial charge in [-0.3, -0.25) is 24.1 Å². The maximum atomic E-state index is 14.0. The zero-order chi connectivity index (χ0) is 28.5. The van der Waals surface area contributed by atoms with Gasteiger partial charge in [-0.2, -0.15) is 0 Å². The van der Waals surface area contributed by atoms with E-state index in [9.17, 15) is 18.4 Å². The van der Waals surface area contributed by atoms with Crippen molar-refractivity contribution in [1.29, 1.82) is 0 Å². The molecule has 0 unspecified atom stereocenters. The summed E-state index contributed by atoms with van der Waals surface area (Å²) < 4.78 is 34.1. The van der Waals surface area contributed by atoms with Crippen LogP contribution < -0.4 is 10.3 Å². The van der Waals surface area contributed by atoms with Gasteiger partial charge < -0.3 is 4.74 Å². The van der Waals surface area contributed by atoms with E-state index in [1.807, 2.05) is 0 Å². The van der Waals surface area contributed by atoms with Gasteiger partial charge in [-0.25, -0.2) is 18.7 Å². The number of aromatic nitrogens is 5. The second kappa shape index (κ2) is 11.0. The summed E-state index contributed by atoms with van der Waals surface area (Å²) in [5.41, 5.74) is 1.11. The van der Waals surface area contributed by atoms with Crippen molar-refractivity contribution < 1.29 is 18.3 Å². The van der Waals surface area contributed by atoms with Gasteiger partial charge in [-0.05, 0) is 45.4 Å². The molecular weight excluding hydrogens is 528 g/mol. The second-order valence-corrected chi connectivity index (χ2v) is 9.88. The molecule has 11 heteroatoms. The van der Waals surface area contributed by atoms with Gasteiger partial charge in [0.25, 0.3) is 5.56 Å². The standard InChI is InChI=1S/C28H26ClF2N5O3/c1-6-24(37)28(4,5)27-32-8-7-19(35-27)20-11-22(15(2)12-33-20)36-16(3)9-23(25(29)26(36)38)39-14-21-18(31)10-17(30)13-34-21/h7-13H,6,14H2,1-5H3. The number of rotatable bonds is 8. The second-order valence-electron chi connectivity index (χ2n) is 9.50. The van der Waals surface area contributed by atoms with Crippen LogP contribution >= 0.6 is 11.6 Å². The minimum Gasteiger partial charge on any atom is -0.485 e. The monoisotopic (exact) mass is 553 g/mol. The number of hydrogen-bond acceptors (Lipinski definition) is 7. The largest absolute Gasteiger partial charge is 0.485 e. The molecule has 4 rings (SSSR count). The number of carbonyl (C=O) groups is 1. The first-order chi connectivity index (χ1) is 18.4. The van der Waals surface area contributed by atoms with Crippen LogP contribution in [0.3, 0.4) is 0 Å². The van der Waals surface area contributed by atoms with Gasteiger partial charge in [0, 0.05) is 36.6 Å². The SMILES string of the molecule is CCC(=O)C(C)(C)c1nccc(-c2cc(-n3c(C)cc(OCc4ncc(F)cc4F)c(Cl)c3=O)c(C)cn2)n1. The molecule has 202 valence electrons. The van der Waals surface area contributed by atoms with Crippen molar-refractivity contribution in [3.8, 4) is 22.8 Å². The Bertz CT molecular complexity index is 1640. The minimum atomic E-state index is -0.873. The molecule has 0 atom stereocenters. The number of ether oxygens (including phenoxy) is 1. The fourth-order valence-corrected chi connectivity index (χ4v) is 4.24. The third-order valence-electron chi connectivity index (χ3n) is 6.36. The molecule has 0 aliphatic heterocycles. The van der Waals surface area contributed by atoms with Crippen molar-refractivity contribution in [3.63, 3.8) is 0 Å². The third kappa shape index (κ3) is 5.56. The van der Waals surface area contributed by atoms with Crippen LogP contribution in [0.1, 0.15) is 50.0 Å². The van der Waals surface area contributed by atoms with Crippen LogP contribution in [-0.4, -0.2) is 30.3 Å². The maximum Gasteiger partial charge on any atom is 0.277 e. The smallest absolute Gasteiger partial charge is 0.277 e. The lowest BCUT2D eigenvalue weighted by molar-refractivity contribution is -0.123. The van der Waals surface area contributed by atoms with Crippen LogP contribution in [0.25, 0.3) is 17.1 Å². The molecule has 0 aromatic carbocycles. The number of halogens is 3. The van der Waals surface area contributed by atoms with Crippen molar-refractivity contribution >= 4 is 17.4 Å². The number of carbonyl (C=O) groups excluding carboxylic acids is 1. The van der Waals surface area contributed by atoms with E-state index in [0.717, 1.165) is 6.20 Å². The van der Waals surface area contributed by atoms with Crippen LogP contribution in [-0.2, 0) is 16.8 Å². The predicted octanol–water partition coefficient (Wildman–Crippen LogP) is 5.47. The summed E-state index contributed by atoms with van der Waals surface area (Å²) in [6, 6.07) is 5.63. The first kappa shape index (κ1) is 28.0. The molecule has 8 nitrogen and oxygen atoms in total. The van der Waals surface area contributed by atoms with Crippen LogP contribution in [0.4, 0.5) is 8.78 Å². The van der Waals surface area contributed by atoms with E-state index in [2.05, 4.69) is 19.9 Å². The Labute approximate surface area is 228 Å². The van der Waals surface area contributed by atoms with Crippen LogP contribution in [0.2, 0.25) is 5.02 Å². The molecule has 0 spiro atoms. The molecule has 0 amide bonds. The van der Waals surface area contributed by atoms with Gasteiger partial charge in [0.2, 0.25) is 0 Å². The molecule has 0 radical (unpaired) electrons. The number of hydrogen-bond donors (Lipinski definition) is 0. The quantitative estimate of drug-likeness (QED) is 0.285. The summed E-state index contributed by atoms with van der Waals surface area (Å²) in [6.07, 6.45) is 4.41. The Hall–Kier alpha value is -4.05. The molecule has 0 N–H and O–H groups in total. The summed E-state index contributed by atoms with van der Waals surface area (Å²) in [5, 5.41) is -0.218. The first-order valence-electron chi connectivity index (χ1n) is 12.1. The first-order valence-corrected chi connectivity index (χ1v) is 12.5. The van der Waals surface area contributed by atoms with E-state index in [1.165, 1.54) is 4.57 Å². The lowest BCUT2D eigenvalue weighted by Crippen LogP contribution is -2.30. The topological polar surface area (TPSA) is 99.9 Å². The Morgan fingerprint density at radius 3 is 2.51 bits per heavy atom. The molecule has 0 aliphatic carbocycles. The van der Waals surface area contributed by atoms with Crippen molar-refractivity contribution in [2.24, 2.45) is 0 Å². The zero-order valence-electron chi connectivity index (χ0n) is 22.1. The molecule has 4 aromatic rings. The van der Waals surface area contributed by atoms with E-state index < -0.39 is 22.6 Å². The summed E-state index contributed by atoms with van der Waals surface area (Å²) >= 11 is 6.37. The molecule has 0 saturated heterocycles. The van der Waals surface area contributed by atoms with E-state index in [0.29, 0.717) is 46.6 Å². The fraction of sp³-hybridized carbons (Fsp3) is 0.286. The molecule has 0 bridgehead atoms. The van der Waals surface area contributed by atoms with Crippen molar-refractivity contribution in [3.05, 3.63) is 92.6 Å². The van der Waals surface area contributed by atoms with Gasteiger partial charge in [0.1, 0.15) is 40.5 Å². The van der Waals surface area contributed by atoms with Crippen LogP contribution in [0.5, 0.6) is 5.75 Å². The highest BCUT2D eigenvalue weighted by molar-refractivity contribution is 6.31. The molecule has 4 heterocycles. The van der Waals surface area contributed by atoms with Gasteiger partial charge in [-0.1, -0.05) is 18.5 Å². The Morgan fingerprint density at radius 1 is 1.08 bits per heavy atom. The van der Waals surface area contributed by atoms with E-state index in [1.54, 1.807) is 65.2 Å². The Morgan fingerprint density at radius 2 is 1.82 bits per heavy atom. The maximum absolute atomic E-state index is 14.0.